The standard InChI is InChI=1S/C13H12N4O3S2/c1-9-11(12(18)17-6-7-21-13(17)16-9)22(19,20)15-8-10-4-2-3-5-14-10/h2-7,15H,8H2,1H3. The summed E-state index contributed by atoms with van der Waals surface area (Å²) < 4.78 is 28.5. The van der Waals surface area contributed by atoms with Gasteiger partial charge in [-0.2, -0.15) is 0 Å². The minimum absolute atomic E-state index is 0.00833. The van der Waals surface area contributed by atoms with E-state index in [4.69, 9.17) is 0 Å². The molecule has 0 aliphatic carbocycles. The quantitative estimate of drug-likeness (QED) is 0.765. The summed E-state index contributed by atoms with van der Waals surface area (Å²) in [5, 5.41) is 1.68. The molecule has 0 saturated heterocycles. The summed E-state index contributed by atoms with van der Waals surface area (Å²) in [5.41, 5.74) is 0.145. The van der Waals surface area contributed by atoms with Crippen LogP contribution in [-0.4, -0.2) is 22.8 Å². The average molecular weight is 336 g/mol. The van der Waals surface area contributed by atoms with Gasteiger partial charge in [0.05, 0.1) is 17.9 Å². The van der Waals surface area contributed by atoms with Crippen LogP contribution in [0.3, 0.4) is 0 Å². The third-order valence-corrected chi connectivity index (χ3v) is 5.32. The van der Waals surface area contributed by atoms with E-state index in [1.165, 1.54) is 28.9 Å². The summed E-state index contributed by atoms with van der Waals surface area (Å²) in [4.78, 5) is 20.7. The van der Waals surface area contributed by atoms with E-state index in [0.717, 1.165) is 0 Å². The highest BCUT2D eigenvalue weighted by molar-refractivity contribution is 7.89. The van der Waals surface area contributed by atoms with Crippen LogP contribution < -0.4 is 10.3 Å². The first-order valence-electron chi connectivity index (χ1n) is 6.35. The van der Waals surface area contributed by atoms with E-state index in [0.29, 0.717) is 10.7 Å². The molecule has 3 aromatic heterocycles. The van der Waals surface area contributed by atoms with Crippen LogP contribution >= 0.6 is 11.3 Å². The molecule has 0 atom stereocenters. The Hall–Kier alpha value is -2.10. The van der Waals surface area contributed by atoms with Crippen LogP contribution in [0.15, 0.2) is 45.7 Å². The molecule has 0 amide bonds. The second-order valence-electron chi connectivity index (χ2n) is 4.53. The minimum atomic E-state index is -3.97. The van der Waals surface area contributed by atoms with Crippen molar-refractivity contribution in [3.05, 3.63) is 57.7 Å². The molecule has 0 aromatic carbocycles. The number of hydrogen-bond acceptors (Lipinski definition) is 6. The van der Waals surface area contributed by atoms with Crippen molar-refractivity contribution in [3.63, 3.8) is 0 Å². The van der Waals surface area contributed by atoms with Gasteiger partial charge in [0.2, 0.25) is 10.0 Å². The van der Waals surface area contributed by atoms with Gasteiger partial charge in [-0.15, -0.1) is 11.3 Å². The van der Waals surface area contributed by atoms with E-state index in [1.54, 1.807) is 29.8 Å². The van der Waals surface area contributed by atoms with Gasteiger partial charge < -0.3 is 0 Å². The Morgan fingerprint density at radius 3 is 2.91 bits per heavy atom. The monoisotopic (exact) mass is 336 g/mol. The molecule has 3 aromatic rings. The van der Waals surface area contributed by atoms with E-state index in [-0.39, 0.29) is 17.1 Å². The fraction of sp³-hybridized carbons (Fsp3) is 0.154. The largest absolute Gasteiger partial charge is 0.279 e. The maximum Gasteiger partial charge on any atom is 0.279 e. The summed E-state index contributed by atoms with van der Waals surface area (Å²) in [5.74, 6) is 0. The molecular weight excluding hydrogens is 324 g/mol. The maximum absolute atomic E-state index is 12.4. The number of hydrogen-bond donors (Lipinski definition) is 1. The summed E-state index contributed by atoms with van der Waals surface area (Å²) in [7, 11) is -3.97. The number of aryl methyl sites for hydroxylation is 1. The molecule has 1 N–H and O–H groups in total. The molecular formula is C13H12N4O3S2. The lowest BCUT2D eigenvalue weighted by Gasteiger charge is -2.08. The number of thiazole rings is 1. The van der Waals surface area contributed by atoms with Crippen molar-refractivity contribution in [2.75, 3.05) is 0 Å². The molecule has 0 aliphatic heterocycles. The number of nitrogens with one attached hydrogen (secondary N) is 1. The van der Waals surface area contributed by atoms with Crippen molar-refractivity contribution in [1.82, 2.24) is 19.1 Å². The molecule has 0 fully saturated rings. The highest BCUT2D eigenvalue weighted by Gasteiger charge is 2.24. The van der Waals surface area contributed by atoms with Crippen LogP contribution in [0.1, 0.15) is 11.4 Å². The maximum atomic E-state index is 12.4. The second kappa shape index (κ2) is 5.59. The predicted molar refractivity (Wildman–Crippen MR) is 82.3 cm³/mol. The molecule has 3 heterocycles. The van der Waals surface area contributed by atoms with Gasteiger partial charge in [-0.25, -0.2) is 18.1 Å². The zero-order valence-electron chi connectivity index (χ0n) is 11.6. The third-order valence-electron chi connectivity index (χ3n) is 3.03. The molecule has 0 bridgehead atoms. The molecule has 0 spiro atoms. The highest BCUT2D eigenvalue weighted by atomic mass is 32.2. The predicted octanol–water partition coefficient (Wildman–Crippen LogP) is 0.938. The number of sulfonamides is 1. The number of aromatic nitrogens is 3. The Balaban J connectivity index is 2.00. The van der Waals surface area contributed by atoms with E-state index < -0.39 is 15.6 Å². The summed E-state index contributed by atoms with van der Waals surface area (Å²) in [6.07, 6.45) is 3.08. The van der Waals surface area contributed by atoms with Gasteiger partial charge in [0.1, 0.15) is 0 Å². The molecule has 3 rings (SSSR count). The molecule has 22 heavy (non-hydrogen) atoms. The van der Waals surface area contributed by atoms with Crippen molar-refractivity contribution >= 4 is 26.3 Å². The van der Waals surface area contributed by atoms with Crippen LogP contribution in [0, 0.1) is 6.92 Å². The van der Waals surface area contributed by atoms with Gasteiger partial charge >= 0.3 is 0 Å². The van der Waals surface area contributed by atoms with Crippen LogP contribution in [0.5, 0.6) is 0 Å². The Kier molecular flexibility index (Phi) is 3.77. The molecule has 0 saturated carbocycles. The lowest BCUT2D eigenvalue weighted by Crippen LogP contribution is -2.32. The van der Waals surface area contributed by atoms with Gasteiger partial charge in [-0.3, -0.25) is 14.2 Å². The van der Waals surface area contributed by atoms with Crippen LogP contribution in [0.2, 0.25) is 0 Å². The Morgan fingerprint density at radius 2 is 2.18 bits per heavy atom. The molecule has 0 radical (unpaired) electrons. The first-order chi connectivity index (χ1) is 10.5. The SMILES string of the molecule is Cc1nc2sccn2c(=O)c1S(=O)(=O)NCc1ccccn1. The lowest BCUT2D eigenvalue weighted by molar-refractivity contribution is 0.577. The Labute approximate surface area is 130 Å². The van der Waals surface area contributed by atoms with Crippen LogP contribution in [-0.2, 0) is 16.6 Å². The first kappa shape index (κ1) is 14.8. The lowest BCUT2D eigenvalue weighted by atomic mass is 10.4. The minimum Gasteiger partial charge on any atom is -0.267 e. The number of pyridine rings is 1. The van der Waals surface area contributed by atoms with Crippen molar-refractivity contribution in [2.24, 2.45) is 0 Å². The number of nitrogens with zero attached hydrogens (tertiary/aromatic N) is 3. The first-order valence-corrected chi connectivity index (χ1v) is 8.71. The molecule has 0 unspecified atom stereocenters. The van der Waals surface area contributed by atoms with Crippen molar-refractivity contribution < 1.29 is 8.42 Å². The fourth-order valence-corrected chi connectivity index (χ4v) is 4.02. The highest BCUT2D eigenvalue weighted by Crippen LogP contribution is 2.13. The molecule has 114 valence electrons. The average Bonchev–Trinajstić information content (AvgIpc) is 2.94. The number of fused-ring (bicyclic) bond motifs is 1. The molecule has 0 aliphatic rings. The van der Waals surface area contributed by atoms with Crippen molar-refractivity contribution in [1.29, 1.82) is 0 Å². The summed E-state index contributed by atoms with van der Waals surface area (Å²) in [6.45, 7) is 1.52. The van der Waals surface area contributed by atoms with Gasteiger partial charge in [-0.1, -0.05) is 6.07 Å². The third kappa shape index (κ3) is 2.65. The van der Waals surface area contributed by atoms with Crippen LogP contribution in [0.25, 0.3) is 4.96 Å². The Morgan fingerprint density at radius 1 is 1.36 bits per heavy atom. The van der Waals surface area contributed by atoms with Gasteiger partial charge in [0.25, 0.3) is 5.56 Å². The smallest absolute Gasteiger partial charge is 0.267 e. The molecule has 7 nitrogen and oxygen atoms in total. The normalized spacial score (nSPS) is 11.9. The Bertz CT molecular complexity index is 977. The van der Waals surface area contributed by atoms with Gasteiger partial charge in [-0.05, 0) is 19.1 Å². The van der Waals surface area contributed by atoms with Crippen molar-refractivity contribution in [3.8, 4) is 0 Å². The van der Waals surface area contributed by atoms with Crippen LogP contribution in [0.4, 0.5) is 0 Å². The van der Waals surface area contributed by atoms with Gasteiger partial charge in [0, 0.05) is 17.8 Å². The fourth-order valence-electron chi connectivity index (χ4n) is 2.02. The summed E-state index contributed by atoms with van der Waals surface area (Å²) >= 11 is 1.27. The van der Waals surface area contributed by atoms with E-state index in [1.807, 2.05) is 0 Å². The van der Waals surface area contributed by atoms with Crippen molar-refractivity contribution in [2.45, 2.75) is 18.4 Å². The van der Waals surface area contributed by atoms with E-state index in [2.05, 4.69) is 14.7 Å². The second-order valence-corrected chi connectivity index (χ2v) is 7.11. The van der Waals surface area contributed by atoms with E-state index >= 15 is 0 Å². The van der Waals surface area contributed by atoms with E-state index in [9.17, 15) is 13.2 Å². The number of rotatable bonds is 4. The molecule has 9 heteroatoms. The summed E-state index contributed by atoms with van der Waals surface area (Å²) in [6, 6.07) is 5.20. The topological polar surface area (TPSA) is 93.4 Å². The zero-order valence-corrected chi connectivity index (χ0v) is 13.2. The van der Waals surface area contributed by atoms with Gasteiger partial charge in [0.15, 0.2) is 9.86 Å². The zero-order chi connectivity index (χ0) is 15.7.